The molecule has 4 rings (SSSR count). The highest BCUT2D eigenvalue weighted by Gasteiger charge is 2.29. The fourth-order valence-corrected chi connectivity index (χ4v) is 5.14. The number of hydrogen-bond acceptors (Lipinski definition) is 6. The lowest BCUT2D eigenvalue weighted by atomic mass is 10.0. The number of ether oxygens (including phenoxy) is 1. The van der Waals surface area contributed by atoms with Gasteiger partial charge in [-0.05, 0) is 66.9 Å². The van der Waals surface area contributed by atoms with Gasteiger partial charge in [-0.1, -0.05) is 55.4 Å². The zero-order chi connectivity index (χ0) is 26.4. The molecule has 0 spiro atoms. The van der Waals surface area contributed by atoms with Gasteiger partial charge in [0, 0.05) is 17.8 Å². The van der Waals surface area contributed by atoms with Crippen LogP contribution in [0.5, 0.6) is 0 Å². The fourth-order valence-electron chi connectivity index (χ4n) is 4.23. The molecule has 0 saturated heterocycles. The normalized spacial score (nSPS) is 11.8. The Morgan fingerprint density at radius 2 is 1.70 bits per heavy atom. The van der Waals surface area contributed by atoms with Gasteiger partial charge < -0.3 is 15.0 Å². The van der Waals surface area contributed by atoms with Crippen molar-refractivity contribution in [3.63, 3.8) is 0 Å². The van der Waals surface area contributed by atoms with Crippen molar-refractivity contribution in [3.05, 3.63) is 78.1 Å². The van der Waals surface area contributed by atoms with E-state index < -0.39 is 6.04 Å². The summed E-state index contributed by atoms with van der Waals surface area (Å²) in [6, 6.07) is 19.3. The summed E-state index contributed by atoms with van der Waals surface area (Å²) in [6.45, 7) is 4.34. The van der Waals surface area contributed by atoms with Crippen molar-refractivity contribution in [2.75, 3.05) is 19.0 Å². The van der Waals surface area contributed by atoms with Crippen LogP contribution in [0.2, 0.25) is 0 Å². The zero-order valence-electron chi connectivity index (χ0n) is 21.2. The first-order chi connectivity index (χ1) is 17.9. The van der Waals surface area contributed by atoms with E-state index in [1.165, 1.54) is 30.6 Å². The van der Waals surface area contributed by atoms with E-state index in [1.54, 1.807) is 23.1 Å². The molecule has 3 aromatic carbocycles. The monoisotopic (exact) mass is 519 g/mol. The van der Waals surface area contributed by atoms with Crippen molar-refractivity contribution < 1.29 is 18.7 Å². The summed E-state index contributed by atoms with van der Waals surface area (Å²) in [5, 5.41) is 3.97. The molecule has 1 atom stereocenters. The summed E-state index contributed by atoms with van der Waals surface area (Å²) < 4.78 is 19.2. The molecular formula is C29H30FN3O3S. The number of carbonyl (C=O) groups is 2. The number of carbonyl (C=O) groups excluding carboxylic acids is 2. The van der Waals surface area contributed by atoms with Gasteiger partial charge in [0.15, 0.2) is 5.13 Å². The molecule has 0 bridgehead atoms. The molecule has 1 amide bonds. The highest BCUT2D eigenvalue weighted by molar-refractivity contribution is 7.22. The fraction of sp³-hybridized carbons (Fsp3) is 0.276. The number of halogens is 1. The van der Waals surface area contributed by atoms with Crippen molar-refractivity contribution in [3.8, 4) is 11.1 Å². The molecule has 6 nitrogen and oxygen atoms in total. The standard InChI is InChI=1S/C29H30FN3O3S/c1-4-6-7-25(28(35)36-3)33(5-2)27(34)21-10-8-19(9-11-21)20-12-15-23(16-13-20)31-29-32-24-17-14-22(30)18-26(24)37-29/h8-18,25H,4-7H2,1-3H3,(H,31,32)/t25-/m0/s1. The molecule has 8 heteroatoms. The third-order valence-corrected chi connectivity index (χ3v) is 7.17. The predicted molar refractivity (Wildman–Crippen MR) is 147 cm³/mol. The highest BCUT2D eigenvalue weighted by atomic mass is 32.1. The minimum absolute atomic E-state index is 0.184. The molecule has 0 aliphatic heterocycles. The Bertz CT molecular complexity index is 1370. The Labute approximate surface area is 220 Å². The van der Waals surface area contributed by atoms with E-state index in [0.717, 1.165) is 39.9 Å². The minimum atomic E-state index is -0.586. The maximum Gasteiger partial charge on any atom is 0.328 e. The van der Waals surface area contributed by atoms with Gasteiger partial charge in [-0.2, -0.15) is 0 Å². The summed E-state index contributed by atoms with van der Waals surface area (Å²) in [5.74, 6) is -0.843. The average molecular weight is 520 g/mol. The van der Waals surface area contributed by atoms with Crippen LogP contribution < -0.4 is 5.32 Å². The number of rotatable bonds is 10. The van der Waals surface area contributed by atoms with Crippen LogP contribution in [0.4, 0.5) is 15.2 Å². The Morgan fingerprint density at radius 3 is 2.32 bits per heavy atom. The molecule has 1 heterocycles. The minimum Gasteiger partial charge on any atom is -0.467 e. The van der Waals surface area contributed by atoms with Crippen LogP contribution in [0.3, 0.4) is 0 Å². The SMILES string of the molecule is CCCC[C@@H](C(=O)OC)N(CC)C(=O)c1ccc(-c2ccc(Nc3nc4ccc(F)cc4s3)cc2)cc1. The van der Waals surface area contributed by atoms with Crippen LogP contribution in [0.15, 0.2) is 66.7 Å². The number of thiazole rings is 1. The molecule has 0 aliphatic carbocycles. The van der Waals surface area contributed by atoms with Gasteiger partial charge in [0.1, 0.15) is 11.9 Å². The summed E-state index contributed by atoms with van der Waals surface area (Å²) in [6.07, 6.45) is 2.35. The lowest BCUT2D eigenvalue weighted by molar-refractivity contribution is -0.146. The molecule has 0 radical (unpaired) electrons. The first-order valence-electron chi connectivity index (χ1n) is 12.4. The van der Waals surface area contributed by atoms with E-state index >= 15 is 0 Å². The summed E-state index contributed by atoms with van der Waals surface area (Å²) in [5.41, 5.74) is 4.12. The van der Waals surface area contributed by atoms with Crippen LogP contribution in [-0.2, 0) is 9.53 Å². The van der Waals surface area contributed by atoms with E-state index in [9.17, 15) is 14.0 Å². The molecule has 37 heavy (non-hydrogen) atoms. The summed E-state index contributed by atoms with van der Waals surface area (Å²) in [7, 11) is 1.36. The largest absolute Gasteiger partial charge is 0.467 e. The molecule has 0 fully saturated rings. The van der Waals surface area contributed by atoms with Crippen molar-refractivity contribution in [2.24, 2.45) is 0 Å². The molecule has 0 aliphatic rings. The zero-order valence-corrected chi connectivity index (χ0v) is 22.0. The lowest BCUT2D eigenvalue weighted by Gasteiger charge is -2.29. The second-order valence-electron chi connectivity index (χ2n) is 8.68. The van der Waals surface area contributed by atoms with Gasteiger partial charge >= 0.3 is 5.97 Å². The van der Waals surface area contributed by atoms with E-state index in [2.05, 4.69) is 17.2 Å². The van der Waals surface area contributed by atoms with Gasteiger partial charge in [0.25, 0.3) is 5.91 Å². The molecule has 0 unspecified atom stereocenters. The second kappa shape index (κ2) is 12.0. The lowest BCUT2D eigenvalue weighted by Crippen LogP contribution is -2.45. The molecule has 1 N–H and O–H groups in total. The van der Waals surface area contributed by atoms with E-state index in [4.69, 9.17) is 4.74 Å². The Kier molecular flexibility index (Phi) is 8.50. The molecule has 1 aromatic heterocycles. The number of amides is 1. The molecule has 0 saturated carbocycles. The number of unbranched alkanes of at least 4 members (excludes halogenated alkanes) is 1. The van der Waals surface area contributed by atoms with E-state index in [-0.39, 0.29) is 17.7 Å². The number of anilines is 2. The number of esters is 1. The first-order valence-corrected chi connectivity index (χ1v) is 13.2. The second-order valence-corrected chi connectivity index (χ2v) is 9.71. The molecular weight excluding hydrogens is 489 g/mol. The number of fused-ring (bicyclic) bond motifs is 1. The average Bonchev–Trinajstić information content (AvgIpc) is 3.32. The van der Waals surface area contributed by atoms with Crippen molar-refractivity contribution >= 4 is 44.2 Å². The number of benzene rings is 3. The number of nitrogens with one attached hydrogen (secondary N) is 1. The Hall–Kier alpha value is -3.78. The third-order valence-electron chi connectivity index (χ3n) is 6.23. The topological polar surface area (TPSA) is 71.5 Å². The van der Waals surface area contributed by atoms with Crippen molar-refractivity contribution in [2.45, 2.75) is 39.2 Å². The van der Waals surface area contributed by atoms with Gasteiger partial charge in [-0.25, -0.2) is 14.2 Å². The smallest absolute Gasteiger partial charge is 0.328 e. The highest BCUT2D eigenvalue weighted by Crippen LogP contribution is 2.30. The number of aromatic nitrogens is 1. The number of likely N-dealkylation sites (N-methyl/N-ethyl adjacent to an activating group) is 1. The van der Waals surface area contributed by atoms with Crippen LogP contribution in [0, 0.1) is 5.82 Å². The van der Waals surface area contributed by atoms with Crippen molar-refractivity contribution in [1.29, 1.82) is 0 Å². The maximum absolute atomic E-state index is 13.5. The molecule has 4 aromatic rings. The van der Waals surface area contributed by atoms with Gasteiger partial charge in [-0.15, -0.1) is 0 Å². The number of methoxy groups -OCH3 is 1. The molecule has 192 valence electrons. The van der Waals surface area contributed by atoms with Crippen LogP contribution in [-0.4, -0.2) is 41.5 Å². The number of nitrogens with zero attached hydrogens (tertiary/aromatic N) is 2. The number of hydrogen-bond donors (Lipinski definition) is 1. The summed E-state index contributed by atoms with van der Waals surface area (Å²) in [4.78, 5) is 31.7. The summed E-state index contributed by atoms with van der Waals surface area (Å²) >= 11 is 1.40. The third kappa shape index (κ3) is 6.14. The van der Waals surface area contributed by atoms with E-state index in [0.29, 0.717) is 23.7 Å². The van der Waals surface area contributed by atoms with Gasteiger partial charge in [-0.3, -0.25) is 4.79 Å². The predicted octanol–water partition coefficient (Wildman–Crippen LogP) is 7.04. The van der Waals surface area contributed by atoms with Crippen LogP contribution >= 0.6 is 11.3 Å². The Morgan fingerprint density at radius 1 is 1.03 bits per heavy atom. The van der Waals surface area contributed by atoms with Crippen molar-refractivity contribution in [1.82, 2.24) is 9.88 Å². The van der Waals surface area contributed by atoms with Gasteiger partial charge in [0.2, 0.25) is 0 Å². The maximum atomic E-state index is 13.5. The van der Waals surface area contributed by atoms with Gasteiger partial charge in [0.05, 0.1) is 17.3 Å². The van der Waals surface area contributed by atoms with E-state index in [1.807, 2.05) is 43.3 Å². The van der Waals surface area contributed by atoms with Crippen LogP contribution in [0.25, 0.3) is 21.3 Å². The Balaban J connectivity index is 1.46. The van der Waals surface area contributed by atoms with Crippen LogP contribution in [0.1, 0.15) is 43.5 Å². The first kappa shape index (κ1) is 26.3. The quantitative estimate of drug-likeness (QED) is 0.228.